The van der Waals surface area contributed by atoms with Crippen molar-refractivity contribution in [3.8, 4) is 0 Å². The summed E-state index contributed by atoms with van der Waals surface area (Å²) in [5.74, 6) is -0.598. The summed E-state index contributed by atoms with van der Waals surface area (Å²) in [5.41, 5.74) is -0.0491. The van der Waals surface area contributed by atoms with Crippen molar-refractivity contribution in [1.82, 2.24) is 5.32 Å². The third-order valence-corrected chi connectivity index (χ3v) is 5.04. The molecule has 0 aliphatic carbocycles. The monoisotopic (exact) mass is 314 g/mol. The molecule has 0 saturated carbocycles. The van der Waals surface area contributed by atoms with Crippen molar-refractivity contribution in [2.75, 3.05) is 11.3 Å². The molecule has 1 aromatic carbocycles. The fourth-order valence-corrected chi connectivity index (χ4v) is 3.90. The first-order chi connectivity index (χ1) is 9.53. The van der Waals surface area contributed by atoms with Gasteiger partial charge in [-0.3, -0.25) is 4.72 Å². The van der Waals surface area contributed by atoms with Crippen LogP contribution in [0.5, 0.6) is 0 Å². The van der Waals surface area contributed by atoms with Crippen LogP contribution in [0, 0.1) is 5.82 Å². The Bertz CT molecular complexity index is 683. The van der Waals surface area contributed by atoms with E-state index in [1.165, 1.54) is 29.5 Å². The first-order valence-electron chi connectivity index (χ1n) is 6.08. The smallest absolute Gasteiger partial charge is 0.262 e. The molecule has 108 valence electrons. The van der Waals surface area contributed by atoms with E-state index in [1.807, 2.05) is 6.92 Å². The van der Waals surface area contributed by atoms with Gasteiger partial charge in [-0.05, 0) is 24.7 Å². The fourth-order valence-electron chi connectivity index (χ4n) is 1.59. The summed E-state index contributed by atoms with van der Waals surface area (Å²) in [4.78, 5) is 1.07. The number of benzene rings is 1. The van der Waals surface area contributed by atoms with E-state index in [0.29, 0.717) is 6.54 Å². The van der Waals surface area contributed by atoms with Crippen molar-refractivity contribution in [3.05, 3.63) is 46.4 Å². The highest BCUT2D eigenvalue weighted by atomic mass is 32.2. The minimum atomic E-state index is -3.75. The zero-order valence-corrected chi connectivity index (χ0v) is 12.5. The van der Waals surface area contributed by atoms with Gasteiger partial charge in [0.15, 0.2) is 0 Å². The fraction of sp³-hybridized carbons (Fsp3) is 0.231. The first kappa shape index (κ1) is 15.0. The first-order valence-corrected chi connectivity index (χ1v) is 8.44. The second-order valence-corrected chi connectivity index (χ2v) is 6.79. The molecule has 2 rings (SSSR count). The summed E-state index contributed by atoms with van der Waals surface area (Å²) in [6.07, 6.45) is 0. The highest BCUT2D eigenvalue weighted by molar-refractivity contribution is 7.92. The molecule has 4 nitrogen and oxygen atoms in total. The van der Waals surface area contributed by atoms with Gasteiger partial charge in [0.05, 0.1) is 10.6 Å². The van der Waals surface area contributed by atoms with Gasteiger partial charge < -0.3 is 5.32 Å². The van der Waals surface area contributed by atoms with Crippen LogP contribution in [0.2, 0.25) is 0 Å². The molecule has 0 radical (unpaired) electrons. The number of sulfonamides is 1. The molecule has 0 saturated heterocycles. The van der Waals surface area contributed by atoms with Crippen molar-refractivity contribution in [2.24, 2.45) is 0 Å². The standard InChI is InChI=1S/C13H15FN2O2S2/c1-2-15-8-10-7-11(9-19-10)20(17,18)16-13-6-4-3-5-12(13)14/h3-7,9,15-16H,2,8H2,1H3. The lowest BCUT2D eigenvalue weighted by Crippen LogP contribution is -2.13. The minimum absolute atomic E-state index is 0.0491. The largest absolute Gasteiger partial charge is 0.312 e. The number of anilines is 1. The van der Waals surface area contributed by atoms with Crippen LogP contribution in [0.3, 0.4) is 0 Å². The van der Waals surface area contributed by atoms with Crippen molar-refractivity contribution >= 4 is 27.0 Å². The van der Waals surface area contributed by atoms with Gasteiger partial charge >= 0.3 is 0 Å². The Morgan fingerprint density at radius 3 is 2.75 bits per heavy atom. The molecule has 1 heterocycles. The second kappa shape index (κ2) is 6.34. The zero-order chi connectivity index (χ0) is 14.6. The van der Waals surface area contributed by atoms with E-state index in [-0.39, 0.29) is 10.6 Å². The Kier molecular flexibility index (Phi) is 4.74. The number of rotatable bonds is 6. The third-order valence-electron chi connectivity index (χ3n) is 2.61. The molecular weight excluding hydrogens is 299 g/mol. The van der Waals surface area contributed by atoms with E-state index >= 15 is 0 Å². The quantitative estimate of drug-likeness (QED) is 0.862. The van der Waals surface area contributed by atoms with Crippen molar-refractivity contribution in [2.45, 2.75) is 18.4 Å². The molecule has 0 bridgehead atoms. The zero-order valence-electron chi connectivity index (χ0n) is 10.9. The minimum Gasteiger partial charge on any atom is -0.312 e. The van der Waals surface area contributed by atoms with E-state index in [1.54, 1.807) is 17.5 Å². The molecular formula is C13H15FN2O2S2. The number of halogens is 1. The van der Waals surface area contributed by atoms with Crippen LogP contribution < -0.4 is 10.0 Å². The number of hydrogen-bond donors (Lipinski definition) is 2. The summed E-state index contributed by atoms with van der Waals surface area (Å²) >= 11 is 1.36. The Balaban J connectivity index is 2.18. The molecule has 7 heteroatoms. The molecule has 0 fully saturated rings. The maximum absolute atomic E-state index is 13.5. The molecule has 0 unspecified atom stereocenters. The average Bonchev–Trinajstić information content (AvgIpc) is 2.88. The predicted octanol–water partition coefficient (Wildman–Crippen LogP) is 2.80. The molecule has 20 heavy (non-hydrogen) atoms. The predicted molar refractivity (Wildman–Crippen MR) is 78.9 cm³/mol. The lowest BCUT2D eigenvalue weighted by Gasteiger charge is -2.07. The molecule has 1 aromatic heterocycles. The summed E-state index contributed by atoms with van der Waals surface area (Å²) in [6.45, 7) is 3.41. The van der Waals surface area contributed by atoms with Crippen molar-refractivity contribution in [1.29, 1.82) is 0 Å². The van der Waals surface area contributed by atoms with Gasteiger partial charge in [-0.1, -0.05) is 19.1 Å². The second-order valence-electron chi connectivity index (χ2n) is 4.11. The molecule has 2 N–H and O–H groups in total. The van der Waals surface area contributed by atoms with Crippen LogP contribution in [0.4, 0.5) is 10.1 Å². The van der Waals surface area contributed by atoms with Crippen LogP contribution in [0.1, 0.15) is 11.8 Å². The maximum atomic E-state index is 13.5. The van der Waals surface area contributed by atoms with Gasteiger partial charge in [-0.2, -0.15) is 0 Å². The topological polar surface area (TPSA) is 58.2 Å². The molecule has 0 aliphatic rings. The van der Waals surface area contributed by atoms with Gasteiger partial charge in [0.1, 0.15) is 5.82 Å². The highest BCUT2D eigenvalue weighted by Gasteiger charge is 2.17. The van der Waals surface area contributed by atoms with Crippen LogP contribution in [-0.4, -0.2) is 15.0 Å². The Morgan fingerprint density at radius 1 is 1.30 bits per heavy atom. The Morgan fingerprint density at radius 2 is 2.05 bits per heavy atom. The molecule has 0 atom stereocenters. The summed E-state index contributed by atoms with van der Waals surface area (Å²) in [5, 5.41) is 4.67. The molecule has 2 aromatic rings. The van der Waals surface area contributed by atoms with Gasteiger partial charge in [-0.15, -0.1) is 11.3 Å². The van der Waals surface area contributed by atoms with E-state index in [0.717, 1.165) is 11.4 Å². The molecule has 0 spiro atoms. The van der Waals surface area contributed by atoms with Gasteiger partial charge in [-0.25, -0.2) is 12.8 Å². The lowest BCUT2D eigenvalue weighted by molar-refractivity contribution is 0.598. The Labute approximate surface area is 121 Å². The number of hydrogen-bond acceptors (Lipinski definition) is 4. The summed E-state index contributed by atoms with van der Waals surface area (Å²) in [7, 11) is -3.75. The van der Waals surface area contributed by atoms with E-state index < -0.39 is 15.8 Å². The van der Waals surface area contributed by atoms with Crippen LogP contribution in [0.15, 0.2) is 40.6 Å². The normalized spacial score (nSPS) is 11.5. The number of nitrogens with one attached hydrogen (secondary N) is 2. The van der Waals surface area contributed by atoms with Gasteiger partial charge in [0.25, 0.3) is 10.0 Å². The number of thiophene rings is 1. The van der Waals surface area contributed by atoms with Crippen LogP contribution >= 0.6 is 11.3 Å². The van der Waals surface area contributed by atoms with E-state index in [4.69, 9.17) is 0 Å². The van der Waals surface area contributed by atoms with Gasteiger partial charge in [0.2, 0.25) is 0 Å². The molecule has 0 aliphatic heterocycles. The average molecular weight is 314 g/mol. The van der Waals surface area contributed by atoms with E-state index in [2.05, 4.69) is 10.0 Å². The Hall–Kier alpha value is -1.44. The van der Waals surface area contributed by atoms with Crippen molar-refractivity contribution < 1.29 is 12.8 Å². The molecule has 0 amide bonds. The van der Waals surface area contributed by atoms with Crippen LogP contribution in [0.25, 0.3) is 0 Å². The third kappa shape index (κ3) is 3.56. The lowest BCUT2D eigenvalue weighted by atomic mass is 10.3. The summed E-state index contributed by atoms with van der Waals surface area (Å²) in [6, 6.07) is 7.27. The van der Waals surface area contributed by atoms with Crippen molar-refractivity contribution in [3.63, 3.8) is 0 Å². The van der Waals surface area contributed by atoms with Gasteiger partial charge in [0, 0.05) is 16.8 Å². The van der Waals surface area contributed by atoms with E-state index in [9.17, 15) is 12.8 Å². The van der Waals surface area contributed by atoms with Crippen LogP contribution in [-0.2, 0) is 16.6 Å². The SMILES string of the molecule is CCNCc1cc(S(=O)(=O)Nc2ccccc2F)cs1. The summed E-state index contributed by atoms with van der Waals surface area (Å²) < 4.78 is 40.0. The maximum Gasteiger partial charge on any atom is 0.262 e. The number of para-hydroxylation sites is 1. The highest BCUT2D eigenvalue weighted by Crippen LogP contribution is 2.23.